The average Bonchev–Trinajstić information content (AvgIpc) is 2.83. The number of hydrogen-bond acceptors (Lipinski definition) is 3. The second kappa shape index (κ2) is 4.68. The van der Waals surface area contributed by atoms with E-state index in [2.05, 4.69) is 21.6 Å². The van der Waals surface area contributed by atoms with E-state index in [1.807, 2.05) is 18.2 Å². The molecule has 1 aromatic carbocycles. The molecule has 1 atom stereocenters. The molecular weight excluding hydrogens is 242 g/mol. The molecule has 2 aromatic rings. The molecule has 0 unspecified atom stereocenters. The molecule has 5 nitrogen and oxygen atoms in total. The van der Waals surface area contributed by atoms with Crippen LogP contribution in [-0.2, 0) is 6.42 Å². The normalized spacial score (nSPS) is 16.9. The van der Waals surface area contributed by atoms with Crippen LogP contribution in [0.5, 0.6) is 0 Å². The van der Waals surface area contributed by atoms with Gasteiger partial charge in [-0.3, -0.25) is 9.59 Å². The topological polar surface area (TPSA) is 74.8 Å². The number of amides is 1. The summed E-state index contributed by atoms with van der Waals surface area (Å²) in [6.45, 7) is 0. The SMILES string of the molecule is O=C(N[C@H]1CCc2ccccc21)c1ccc(=O)[nH]n1. The summed E-state index contributed by atoms with van der Waals surface area (Å²) in [7, 11) is 0. The zero-order valence-electron chi connectivity index (χ0n) is 10.2. The molecule has 96 valence electrons. The van der Waals surface area contributed by atoms with Gasteiger partial charge in [0.2, 0.25) is 0 Å². The van der Waals surface area contributed by atoms with Crippen molar-refractivity contribution in [3.63, 3.8) is 0 Å². The van der Waals surface area contributed by atoms with Crippen LogP contribution in [-0.4, -0.2) is 16.1 Å². The Bertz CT molecular complexity index is 658. The van der Waals surface area contributed by atoms with Gasteiger partial charge in [-0.05, 0) is 30.0 Å². The quantitative estimate of drug-likeness (QED) is 0.846. The van der Waals surface area contributed by atoms with Gasteiger partial charge in [-0.15, -0.1) is 0 Å². The Kier molecular flexibility index (Phi) is 2.87. The molecule has 0 fully saturated rings. The predicted octanol–water partition coefficient (Wildman–Crippen LogP) is 1.19. The Morgan fingerprint density at radius 2 is 2.11 bits per heavy atom. The molecule has 0 radical (unpaired) electrons. The average molecular weight is 255 g/mol. The molecule has 3 rings (SSSR count). The smallest absolute Gasteiger partial charge is 0.272 e. The fourth-order valence-electron chi connectivity index (χ4n) is 2.41. The first-order valence-electron chi connectivity index (χ1n) is 6.18. The number of H-pyrrole nitrogens is 1. The Morgan fingerprint density at radius 3 is 2.89 bits per heavy atom. The van der Waals surface area contributed by atoms with Gasteiger partial charge in [-0.25, -0.2) is 5.10 Å². The van der Waals surface area contributed by atoms with Crippen molar-refractivity contribution in [3.8, 4) is 0 Å². The van der Waals surface area contributed by atoms with E-state index in [4.69, 9.17) is 0 Å². The van der Waals surface area contributed by atoms with Crippen molar-refractivity contribution in [3.05, 3.63) is 63.6 Å². The third kappa shape index (κ3) is 2.27. The number of nitrogens with one attached hydrogen (secondary N) is 2. The van der Waals surface area contributed by atoms with Crippen molar-refractivity contribution in [2.45, 2.75) is 18.9 Å². The van der Waals surface area contributed by atoms with E-state index in [0.717, 1.165) is 12.8 Å². The van der Waals surface area contributed by atoms with Crippen molar-refractivity contribution in [2.75, 3.05) is 0 Å². The van der Waals surface area contributed by atoms with Crippen molar-refractivity contribution < 1.29 is 4.79 Å². The zero-order valence-corrected chi connectivity index (χ0v) is 10.2. The van der Waals surface area contributed by atoms with Gasteiger partial charge in [0, 0.05) is 6.07 Å². The third-order valence-corrected chi connectivity index (χ3v) is 3.35. The van der Waals surface area contributed by atoms with Crippen LogP contribution in [0.1, 0.15) is 34.1 Å². The lowest BCUT2D eigenvalue weighted by molar-refractivity contribution is 0.0930. The summed E-state index contributed by atoms with van der Waals surface area (Å²) >= 11 is 0. The molecular formula is C14H13N3O2. The molecule has 0 bridgehead atoms. The number of aryl methyl sites for hydroxylation is 1. The van der Waals surface area contributed by atoms with Gasteiger partial charge >= 0.3 is 0 Å². The van der Waals surface area contributed by atoms with Gasteiger partial charge in [0.15, 0.2) is 0 Å². The maximum absolute atomic E-state index is 12.0. The number of fused-ring (bicyclic) bond motifs is 1. The molecule has 0 aliphatic heterocycles. The Labute approximate surface area is 109 Å². The van der Waals surface area contributed by atoms with Gasteiger partial charge in [-0.2, -0.15) is 5.10 Å². The van der Waals surface area contributed by atoms with Crippen molar-refractivity contribution in [1.82, 2.24) is 15.5 Å². The number of nitrogens with zero attached hydrogens (tertiary/aromatic N) is 1. The maximum Gasteiger partial charge on any atom is 0.272 e. The standard InChI is InChI=1S/C14H13N3O2/c18-13-8-7-12(16-17-13)14(19)15-11-6-5-9-3-1-2-4-10(9)11/h1-4,7-8,11H,5-6H2,(H,15,19)(H,17,18)/t11-/m0/s1. The molecule has 0 saturated carbocycles. The zero-order chi connectivity index (χ0) is 13.2. The van der Waals surface area contributed by atoms with Crippen LogP contribution in [0.4, 0.5) is 0 Å². The molecule has 0 spiro atoms. The second-order valence-corrected chi connectivity index (χ2v) is 4.57. The molecule has 1 amide bonds. The van der Waals surface area contributed by atoms with Crippen LogP contribution in [0, 0.1) is 0 Å². The Balaban J connectivity index is 1.78. The Hall–Kier alpha value is -2.43. The molecule has 1 aliphatic carbocycles. The van der Waals surface area contributed by atoms with E-state index in [1.54, 1.807) is 0 Å². The molecule has 2 N–H and O–H groups in total. The van der Waals surface area contributed by atoms with Crippen LogP contribution in [0.25, 0.3) is 0 Å². The predicted molar refractivity (Wildman–Crippen MR) is 69.8 cm³/mol. The fourth-order valence-corrected chi connectivity index (χ4v) is 2.41. The first-order valence-corrected chi connectivity index (χ1v) is 6.18. The summed E-state index contributed by atoms with van der Waals surface area (Å²) < 4.78 is 0. The van der Waals surface area contributed by atoms with E-state index in [1.165, 1.54) is 23.3 Å². The number of rotatable bonds is 2. The minimum absolute atomic E-state index is 0.0254. The monoisotopic (exact) mass is 255 g/mol. The molecule has 5 heteroatoms. The molecule has 1 aliphatic rings. The minimum atomic E-state index is -0.317. The number of aromatic nitrogens is 2. The van der Waals surface area contributed by atoms with Crippen LogP contribution in [0.15, 0.2) is 41.2 Å². The molecule has 1 heterocycles. The van der Waals surface area contributed by atoms with Gasteiger partial charge in [0.1, 0.15) is 5.69 Å². The number of hydrogen-bond donors (Lipinski definition) is 2. The van der Waals surface area contributed by atoms with E-state index >= 15 is 0 Å². The maximum atomic E-state index is 12.0. The summed E-state index contributed by atoms with van der Waals surface area (Å²) in [6.07, 6.45) is 1.87. The third-order valence-electron chi connectivity index (χ3n) is 3.35. The van der Waals surface area contributed by atoms with Gasteiger partial charge in [0.25, 0.3) is 11.5 Å². The van der Waals surface area contributed by atoms with E-state index < -0.39 is 0 Å². The summed E-state index contributed by atoms with van der Waals surface area (Å²) in [5.41, 5.74) is 2.36. The first kappa shape index (κ1) is 11.6. The number of carbonyl (C=O) groups excluding carboxylic acids is 1. The highest BCUT2D eigenvalue weighted by molar-refractivity contribution is 5.92. The van der Waals surface area contributed by atoms with Gasteiger partial charge in [-0.1, -0.05) is 24.3 Å². The van der Waals surface area contributed by atoms with Crippen LogP contribution in [0.2, 0.25) is 0 Å². The largest absolute Gasteiger partial charge is 0.344 e. The highest BCUT2D eigenvalue weighted by Crippen LogP contribution is 2.30. The number of aromatic amines is 1. The van der Waals surface area contributed by atoms with Gasteiger partial charge in [0.05, 0.1) is 6.04 Å². The van der Waals surface area contributed by atoms with E-state index in [9.17, 15) is 9.59 Å². The molecule has 1 aromatic heterocycles. The summed E-state index contributed by atoms with van der Waals surface area (Å²) in [6, 6.07) is 10.8. The second-order valence-electron chi connectivity index (χ2n) is 4.57. The van der Waals surface area contributed by atoms with Crippen molar-refractivity contribution >= 4 is 5.91 Å². The van der Waals surface area contributed by atoms with Gasteiger partial charge < -0.3 is 5.32 Å². The first-order chi connectivity index (χ1) is 9.24. The molecule has 19 heavy (non-hydrogen) atoms. The summed E-state index contributed by atoms with van der Waals surface area (Å²) in [5, 5.41) is 8.93. The fraction of sp³-hybridized carbons (Fsp3) is 0.214. The lowest BCUT2D eigenvalue weighted by atomic mass is 10.1. The lowest BCUT2D eigenvalue weighted by Crippen LogP contribution is -2.28. The minimum Gasteiger partial charge on any atom is -0.344 e. The van der Waals surface area contributed by atoms with Crippen molar-refractivity contribution in [1.29, 1.82) is 0 Å². The van der Waals surface area contributed by atoms with Crippen LogP contribution < -0.4 is 10.9 Å². The van der Waals surface area contributed by atoms with E-state index in [0.29, 0.717) is 0 Å². The highest BCUT2D eigenvalue weighted by atomic mass is 16.2. The summed E-state index contributed by atoms with van der Waals surface area (Å²) in [5.74, 6) is -0.266. The highest BCUT2D eigenvalue weighted by Gasteiger charge is 2.24. The lowest BCUT2D eigenvalue weighted by Gasteiger charge is -2.13. The van der Waals surface area contributed by atoms with E-state index in [-0.39, 0.29) is 23.2 Å². The molecule has 0 saturated heterocycles. The Morgan fingerprint density at radius 1 is 1.26 bits per heavy atom. The van der Waals surface area contributed by atoms with Crippen molar-refractivity contribution in [2.24, 2.45) is 0 Å². The summed E-state index contributed by atoms with van der Waals surface area (Å²) in [4.78, 5) is 22.9. The van der Waals surface area contributed by atoms with Crippen LogP contribution in [0.3, 0.4) is 0 Å². The number of carbonyl (C=O) groups is 1. The van der Waals surface area contributed by atoms with Crippen LogP contribution >= 0.6 is 0 Å². The number of benzene rings is 1.